The number of rotatable bonds is 2. The zero-order valence-electron chi connectivity index (χ0n) is 10.8. The number of aryl methyl sites for hydroxylation is 2. The Balaban J connectivity index is 2.32. The van der Waals surface area contributed by atoms with Crippen LogP contribution in [0.15, 0.2) is 36.4 Å². The molecule has 0 unspecified atom stereocenters. The fourth-order valence-corrected chi connectivity index (χ4v) is 2.22. The molecule has 19 heavy (non-hydrogen) atoms. The SMILES string of the molecule is Cc1cc(C)c(NC(=O)c2ccccc2Cl)c(N)c1. The van der Waals surface area contributed by atoms with E-state index in [1.807, 2.05) is 26.0 Å². The average Bonchev–Trinajstić information content (AvgIpc) is 2.34. The summed E-state index contributed by atoms with van der Waals surface area (Å²) < 4.78 is 0. The molecule has 3 N–H and O–H groups in total. The first-order valence-corrected chi connectivity index (χ1v) is 6.29. The number of anilines is 2. The molecule has 98 valence electrons. The molecule has 0 spiro atoms. The topological polar surface area (TPSA) is 55.1 Å². The van der Waals surface area contributed by atoms with Crippen molar-refractivity contribution >= 4 is 28.9 Å². The van der Waals surface area contributed by atoms with Gasteiger partial charge in [-0.1, -0.05) is 29.8 Å². The summed E-state index contributed by atoms with van der Waals surface area (Å²) >= 11 is 6.00. The lowest BCUT2D eigenvalue weighted by molar-refractivity contribution is 0.102. The Kier molecular flexibility index (Phi) is 3.76. The molecule has 2 rings (SSSR count). The Labute approximate surface area is 117 Å². The van der Waals surface area contributed by atoms with Gasteiger partial charge in [0.05, 0.1) is 22.0 Å². The molecule has 3 nitrogen and oxygen atoms in total. The summed E-state index contributed by atoms with van der Waals surface area (Å²) in [6.45, 7) is 3.87. The van der Waals surface area contributed by atoms with Gasteiger partial charge in [0.2, 0.25) is 0 Å². The number of nitrogens with one attached hydrogen (secondary N) is 1. The Hall–Kier alpha value is -2.00. The number of carbonyl (C=O) groups is 1. The minimum Gasteiger partial charge on any atom is -0.397 e. The van der Waals surface area contributed by atoms with Gasteiger partial charge in [-0.15, -0.1) is 0 Å². The number of carbonyl (C=O) groups excluding carboxylic acids is 1. The van der Waals surface area contributed by atoms with Crippen LogP contribution < -0.4 is 11.1 Å². The van der Waals surface area contributed by atoms with E-state index < -0.39 is 0 Å². The number of amides is 1. The highest BCUT2D eigenvalue weighted by molar-refractivity contribution is 6.34. The standard InChI is InChI=1S/C15H15ClN2O/c1-9-7-10(2)14(13(17)8-9)18-15(19)11-5-3-4-6-12(11)16/h3-8H,17H2,1-2H3,(H,18,19). The predicted molar refractivity (Wildman–Crippen MR) is 79.7 cm³/mol. The van der Waals surface area contributed by atoms with E-state index >= 15 is 0 Å². The summed E-state index contributed by atoms with van der Waals surface area (Å²) in [6.07, 6.45) is 0. The van der Waals surface area contributed by atoms with Crippen molar-refractivity contribution in [3.63, 3.8) is 0 Å². The maximum Gasteiger partial charge on any atom is 0.257 e. The molecule has 2 aromatic rings. The van der Waals surface area contributed by atoms with Crippen molar-refractivity contribution in [1.82, 2.24) is 0 Å². The molecule has 0 fully saturated rings. The van der Waals surface area contributed by atoms with Crippen molar-refractivity contribution in [2.75, 3.05) is 11.1 Å². The highest BCUT2D eigenvalue weighted by atomic mass is 35.5. The van der Waals surface area contributed by atoms with Crippen LogP contribution in [0, 0.1) is 13.8 Å². The number of halogens is 1. The second kappa shape index (κ2) is 5.33. The molecule has 2 aromatic carbocycles. The summed E-state index contributed by atoms with van der Waals surface area (Å²) in [7, 11) is 0. The molecule has 0 saturated heterocycles. The Morgan fingerprint density at radius 2 is 1.89 bits per heavy atom. The van der Waals surface area contributed by atoms with Gasteiger partial charge in [-0.3, -0.25) is 4.79 Å². The largest absolute Gasteiger partial charge is 0.397 e. The molecule has 0 aromatic heterocycles. The van der Waals surface area contributed by atoms with E-state index in [1.54, 1.807) is 24.3 Å². The Morgan fingerprint density at radius 3 is 2.53 bits per heavy atom. The van der Waals surface area contributed by atoms with Crippen LogP contribution >= 0.6 is 11.6 Å². The Bertz CT molecular complexity index is 615. The third-order valence-electron chi connectivity index (χ3n) is 2.87. The third-order valence-corrected chi connectivity index (χ3v) is 3.20. The zero-order chi connectivity index (χ0) is 14.0. The van der Waals surface area contributed by atoms with Gasteiger partial charge < -0.3 is 11.1 Å². The van der Waals surface area contributed by atoms with E-state index in [-0.39, 0.29) is 5.91 Å². The van der Waals surface area contributed by atoms with Crippen LogP contribution in [0.25, 0.3) is 0 Å². The normalized spacial score (nSPS) is 10.3. The molecular formula is C15H15ClN2O. The number of hydrogen-bond donors (Lipinski definition) is 2. The molecule has 4 heteroatoms. The molecule has 0 atom stereocenters. The van der Waals surface area contributed by atoms with Gasteiger partial charge in [0.25, 0.3) is 5.91 Å². The maximum atomic E-state index is 12.2. The van der Waals surface area contributed by atoms with Gasteiger partial charge in [-0.25, -0.2) is 0 Å². The number of nitrogens with two attached hydrogens (primary N) is 1. The molecule has 0 aliphatic heterocycles. The fraction of sp³-hybridized carbons (Fsp3) is 0.133. The summed E-state index contributed by atoms with van der Waals surface area (Å²) in [5.41, 5.74) is 9.55. The van der Waals surface area contributed by atoms with Crippen LogP contribution in [0.1, 0.15) is 21.5 Å². The molecule has 0 radical (unpaired) electrons. The molecule has 0 heterocycles. The van der Waals surface area contributed by atoms with E-state index in [0.29, 0.717) is 22.0 Å². The van der Waals surface area contributed by atoms with Crippen LogP contribution in [0.4, 0.5) is 11.4 Å². The lowest BCUT2D eigenvalue weighted by Crippen LogP contribution is -2.14. The molecule has 0 bridgehead atoms. The van der Waals surface area contributed by atoms with Gasteiger partial charge >= 0.3 is 0 Å². The first-order valence-electron chi connectivity index (χ1n) is 5.91. The zero-order valence-corrected chi connectivity index (χ0v) is 11.6. The van der Waals surface area contributed by atoms with Crippen LogP contribution in [-0.4, -0.2) is 5.91 Å². The molecular weight excluding hydrogens is 260 g/mol. The lowest BCUT2D eigenvalue weighted by Gasteiger charge is -2.13. The first kappa shape index (κ1) is 13.4. The van der Waals surface area contributed by atoms with Crippen LogP contribution in [0.3, 0.4) is 0 Å². The van der Waals surface area contributed by atoms with Gasteiger partial charge in [-0.05, 0) is 43.2 Å². The van der Waals surface area contributed by atoms with Gasteiger partial charge in [0.15, 0.2) is 0 Å². The first-order chi connectivity index (χ1) is 8.99. The second-order valence-corrected chi connectivity index (χ2v) is 4.89. The predicted octanol–water partition coefficient (Wildman–Crippen LogP) is 3.79. The minimum atomic E-state index is -0.260. The molecule has 0 aliphatic carbocycles. The van der Waals surface area contributed by atoms with Crippen molar-refractivity contribution < 1.29 is 4.79 Å². The number of benzene rings is 2. The average molecular weight is 275 g/mol. The van der Waals surface area contributed by atoms with E-state index in [0.717, 1.165) is 11.1 Å². The Morgan fingerprint density at radius 1 is 1.21 bits per heavy atom. The van der Waals surface area contributed by atoms with Crippen molar-refractivity contribution in [2.24, 2.45) is 0 Å². The monoisotopic (exact) mass is 274 g/mol. The highest BCUT2D eigenvalue weighted by Crippen LogP contribution is 2.26. The smallest absolute Gasteiger partial charge is 0.257 e. The maximum absolute atomic E-state index is 12.2. The van der Waals surface area contributed by atoms with Crippen LogP contribution in [-0.2, 0) is 0 Å². The van der Waals surface area contributed by atoms with Crippen LogP contribution in [0.2, 0.25) is 5.02 Å². The van der Waals surface area contributed by atoms with E-state index in [2.05, 4.69) is 5.32 Å². The molecule has 0 saturated carbocycles. The minimum absolute atomic E-state index is 0.260. The van der Waals surface area contributed by atoms with Gasteiger partial charge in [0, 0.05) is 0 Å². The van der Waals surface area contributed by atoms with E-state index in [4.69, 9.17) is 17.3 Å². The van der Waals surface area contributed by atoms with Crippen molar-refractivity contribution in [2.45, 2.75) is 13.8 Å². The quantitative estimate of drug-likeness (QED) is 0.819. The van der Waals surface area contributed by atoms with E-state index in [1.165, 1.54) is 0 Å². The third kappa shape index (κ3) is 2.88. The second-order valence-electron chi connectivity index (χ2n) is 4.48. The van der Waals surface area contributed by atoms with Crippen molar-refractivity contribution in [3.05, 3.63) is 58.1 Å². The number of hydrogen-bond acceptors (Lipinski definition) is 2. The molecule has 1 amide bonds. The fourth-order valence-electron chi connectivity index (χ4n) is 2.00. The van der Waals surface area contributed by atoms with E-state index in [9.17, 15) is 4.79 Å². The van der Waals surface area contributed by atoms with Gasteiger partial charge in [0.1, 0.15) is 0 Å². The summed E-state index contributed by atoms with van der Waals surface area (Å²) in [6, 6.07) is 10.7. The number of nitrogen functional groups attached to an aromatic ring is 1. The summed E-state index contributed by atoms with van der Waals surface area (Å²) in [5.74, 6) is -0.260. The highest BCUT2D eigenvalue weighted by Gasteiger charge is 2.13. The molecule has 0 aliphatic rings. The summed E-state index contributed by atoms with van der Waals surface area (Å²) in [5, 5.41) is 3.23. The van der Waals surface area contributed by atoms with Gasteiger partial charge in [-0.2, -0.15) is 0 Å². The van der Waals surface area contributed by atoms with Crippen LogP contribution in [0.5, 0.6) is 0 Å². The van der Waals surface area contributed by atoms with Crippen molar-refractivity contribution in [3.8, 4) is 0 Å². The lowest BCUT2D eigenvalue weighted by atomic mass is 10.1. The van der Waals surface area contributed by atoms with Crippen molar-refractivity contribution in [1.29, 1.82) is 0 Å². The summed E-state index contributed by atoms with van der Waals surface area (Å²) in [4.78, 5) is 12.2.